The number of hydrogen-bond acceptors (Lipinski definition) is 6. The van der Waals surface area contributed by atoms with Crippen molar-refractivity contribution in [2.24, 2.45) is 5.92 Å². The van der Waals surface area contributed by atoms with Gasteiger partial charge in [0, 0.05) is 99.8 Å². The zero-order valence-electron chi connectivity index (χ0n) is 55.1. The van der Waals surface area contributed by atoms with Gasteiger partial charge in [0.1, 0.15) is 0 Å². The van der Waals surface area contributed by atoms with E-state index in [1.807, 2.05) is 0 Å². The fourth-order valence-electron chi connectivity index (χ4n) is 15.6. The molecule has 478 valence electrons. The van der Waals surface area contributed by atoms with Gasteiger partial charge in [-0.05, 0) is 194 Å². The number of carbonyl (C=O) groups excluding carboxylic acids is 2. The Bertz CT molecular complexity index is 5890. The standard InChI is InChI=1S/C90H66N8O2/c1-53-23-27-60(28-24-53)84-70-38-40-72(92-70)86(62-33-31-55(32-34-62)64-51-63(99)35-50-81(64)100)73-41-39-71(93-73)85(61-29-25-54(2)26-30-61)75-46-49-79(97-75)89(78-48-45-74(84)96-78)65-52-80-87(58-19-11-5-12-20-58)76-43-42-68(94-76)82(56-15-7-3-8-16-56)66-36-37-67(91-66)83(57-17-9-4-10-18-57)69-44-47-77(95-69)88(90(65)98-80)59-21-13-6-14-22-59/h3-30,35-52,55,62,92,94-95,97H,31-34H2,1-2H3. The second-order valence-electron chi connectivity index (χ2n) is 26.7. The second kappa shape index (κ2) is 24.8. The smallest absolute Gasteiger partial charge is 0.182 e. The number of aromatic nitrogens is 8. The highest BCUT2D eigenvalue weighted by Crippen LogP contribution is 2.47. The van der Waals surface area contributed by atoms with Crippen LogP contribution < -0.4 is 0 Å². The minimum atomic E-state index is -0.126. The average molecular weight is 1290 g/mol. The Morgan fingerprint density at radius 3 is 1.06 bits per heavy atom. The van der Waals surface area contributed by atoms with Crippen molar-refractivity contribution in [2.75, 3.05) is 0 Å². The summed E-state index contributed by atoms with van der Waals surface area (Å²) >= 11 is 0. The molecule has 100 heavy (non-hydrogen) atoms. The lowest BCUT2D eigenvalue weighted by molar-refractivity contribution is -0.115. The molecule has 6 aliphatic rings. The highest BCUT2D eigenvalue weighted by Gasteiger charge is 2.32. The first kappa shape index (κ1) is 59.8. The zero-order chi connectivity index (χ0) is 67.0. The van der Waals surface area contributed by atoms with Crippen molar-refractivity contribution in [3.8, 4) is 66.8 Å². The topological polar surface area (TPSA) is 149 Å². The van der Waals surface area contributed by atoms with Gasteiger partial charge in [-0.15, -0.1) is 0 Å². The fraction of sp³-hybridized carbons (Fsp3) is 0.0889. The molecule has 16 bridgehead atoms. The lowest BCUT2D eigenvalue weighted by atomic mass is 9.74. The van der Waals surface area contributed by atoms with Gasteiger partial charge >= 0.3 is 0 Å². The first-order chi connectivity index (χ1) is 49.2. The Kier molecular flexibility index (Phi) is 14.8. The molecule has 10 heteroatoms. The number of H-pyrrole nitrogens is 4. The minimum Gasteiger partial charge on any atom is -0.355 e. The van der Waals surface area contributed by atoms with Crippen molar-refractivity contribution in [3.63, 3.8) is 0 Å². The fourth-order valence-corrected chi connectivity index (χ4v) is 15.6. The van der Waals surface area contributed by atoms with Gasteiger partial charge in [-0.2, -0.15) is 0 Å². The van der Waals surface area contributed by atoms with E-state index in [1.165, 1.54) is 12.2 Å². The lowest BCUT2D eigenvalue weighted by Gasteiger charge is -2.30. The lowest BCUT2D eigenvalue weighted by Crippen LogP contribution is -2.21. The summed E-state index contributed by atoms with van der Waals surface area (Å²) in [5.74, 6) is -0.0926. The third-order valence-corrected chi connectivity index (χ3v) is 20.4. The molecule has 2 aliphatic carbocycles. The molecule has 0 saturated heterocycles. The first-order valence-corrected chi connectivity index (χ1v) is 34.4. The van der Waals surface area contributed by atoms with E-state index < -0.39 is 0 Å². The SMILES string of the molecule is Cc1ccc(-c2c3nc(c(C4CCC(C5=CC(=O)C=CC5=O)CC4)c4ccc([nH]4)c(-c4ccc(C)cc4)c4nc(c(C5=Cc6nc5c(-c5ccccc5)c5ccc([nH]5)c(-c5ccccc5)c5nc(c(-c7ccccc7)c7ccc([nH]7)c6-c6ccccc6)C=C5)c5ccc2[nH]5)C=C4)C=C3)cc1. The number of benzene rings is 6. The summed E-state index contributed by atoms with van der Waals surface area (Å²) < 4.78 is 0. The van der Waals surface area contributed by atoms with Gasteiger partial charge in [0.2, 0.25) is 0 Å². The maximum absolute atomic E-state index is 13.3. The van der Waals surface area contributed by atoms with E-state index in [-0.39, 0.29) is 23.4 Å². The number of aromatic amines is 4. The molecule has 4 aliphatic heterocycles. The molecule has 18 rings (SSSR count). The Morgan fingerprint density at radius 2 is 0.620 bits per heavy atom. The van der Waals surface area contributed by atoms with Crippen LogP contribution in [0.1, 0.15) is 99.4 Å². The van der Waals surface area contributed by atoms with Crippen LogP contribution in [0.15, 0.2) is 242 Å². The van der Waals surface area contributed by atoms with Crippen LogP contribution >= 0.6 is 0 Å². The molecule has 6 aromatic heterocycles. The Morgan fingerprint density at radius 1 is 0.290 bits per heavy atom. The molecule has 6 aromatic carbocycles. The van der Waals surface area contributed by atoms with Crippen molar-refractivity contribution in [1.29, 1.82) is 0 Å². The normalized spacial score (nSPS) is 15.5. The molecular formula is C90H66N8O2. The van der Waals surface area contributed by atoms with Gasteiger partial charge in [0.25, 0.3) is 0 Å². The van der Waals surface area contributed by atoms with Crippen LogP contribution in [0.3, 0.4) is 0 Å². The molecular weight excluding hydrogens is 1230 g/mol. The number of allylic oxidation sites excluding steroid dienone is 4. The van der Waals surface area contributed by atoms with E-state index in [4.69, 9.17) is 19.9 Å². The monoisotopic (exact) mass is 1290 g/mol. The molecule has 0 atom stereocenters. The van der Waals surface area contributed by atoms with E-state index in [0.717, 1.165) is 210 Å². The summed E-state index contributed by atoms with van der Waals surface area (Å²) in [4.78, 5) is 65.3. The maximum Gasteiger partial charge on any atom is 0.182 e. The molecule has 1 saturated carbocycles. The first-order valence-electron chi connectivity index (χ1n) is 34.4. The minimum absolute atomic E-state index is 0.000475. The highest BCUT2D eigenvalue weighted by molar-refractivity contribution is 6.17. The van der Waals surface area contributed by atoms with Gasteiger partial charge < -0.3 is 19.9 Å². The number of aryl methyl sites for hydroxylation is 2. The molecule has 4 N–H and O–H groups in total. The van der Waals surface area contributed by atoms with Gasteiger partial charge in [-0.3, -0.25) is 9.59 Å². The second-order valence-corrected chi connectivity index (χ2v) is 26.7. The van der Waals surface area contributed by atoms with E-state index in [2.05, 4.69) is 295 Å². The Balaban J connectivity index is 0.968. The summed E-state index contributed by atoms with van der Waals surface area (Å²) in [5, 5.41) is 0. The van der Waals surface area contributed by atoms with Gasteiger partial charge in [-0.25, -0.2) is 19.9 Å². The summed E-state index contributed by atoms with van der Waals surface area (Å²) in [5.41, 5.74) is 31.1. The van der Waals surface area contributed by atoms with E-state index >= 15 is 0 Å². The van der Waals surface area contributed by atoms with Gasteiger partial charge in [0.05, 0.1) is 45.6 Å². The summed E-state index contributed by atoms with van der Waals surface area (Å²) in [7, 11) is 0. The van der Waals surface area contributed by atoms with E-state index in [9.17, 15) is 9.59 Å². The van der Waals surface area contributed by atoms with Crippen LogP contribution in [-0.4, -0.2) is 51.4 Å². The predicted molar refractivity (Wildman–Crippen MR) is 410 cm³/mol. The number of rotatable bonds is 9. The molecule has 10 nitrogen and oxygen atoms in total. The van der Waals surface area contributed by atoms with E-state index in [1.54, 1.807) is 6.08 Å². The quantitative estimate of drug-likeness (QED) is 0.106. The number of carbonyl (C=O) groups is 2. The molecule has 12 aromatic rings. The van der Waals surface area contributed by atoms with Crippen molar-refractivity contribution in [3.05, 3.63) is 310 Å². The molecule has 0 unspecified atom stereocenters. The third-order valence-electron chi connectivity index (χ3n) is 20.4. The Labute approximate surface area is 578 Å². The molecule has 0 amide bonds. The maximum atomic E-state index is 13.3. The highest BCUT2D eigenvalue weighted by atomic mass is 16.1. The van der Waals surface area contributed by atoms with E-state index in [0.29, 0.717) is 5.57 Å². The third kappa shape index (κ3) is 10.8. The molecule has 0 spiro atoms. The van der Waals surface area contributed by atoms with Crippen molar-refractivity contribution < 1.29 is 9.59 Å². The zero-order valence-corrected chi connectivity index (χ0v) is 55.1. The molecule has 0 radical (unpaired) electrons. The van der Waals surface area contributed by atoms with Crippen LogP contribution in [-0.2, 0) is 9.59 Å². The number of ketones is 2. The van der Waals surface area contributed by atoms with Crippen LogP contribution in [0.5, 0.6) is 0 Å². The number of hydrogen-bond donors (Lipinski definition) is 4. The average Bonchev–Trinajstić information content (AvgIpc) is 1.59. The Hall–Kier alpha value is -12.7. The molecule has 1 fully saturated rings. The number of fused-ring (bicyclic) bond motifs is 16. The summed E-state index contributed by atoms with van der Waals surface area (Å²) in [6, 6.07) is 77.3. The van der Waals surface area contributed by atoms with Gasteiger partial charge in [0.15, 0.2) is 11.6 Å². The largest absolute Gasteiger partial charge is 0.355 e. The van der Waals surface area contributed by atoms with Crippen molar-refractivity contribution >= 4 is 104 Å². The predicted octanol–water partition coefficient (Wildman–Crippen LogP) is 21.6. The van der Waals surface area contributed by atoms with Crippen molar-refractivity contribution in [1.82, 2.24) is 39.9 Å². The number of nitrogens with zero attached hydrogens (tertiary/aromatic N) is 4. The van der Waals surface area contributed by atoms with Crippen LogP contribution in [0, 0.1) is 19.8 Å². The number of nitrogens with one attached hydrogen (secondary N) is 4. The van der Waals surface area contributed by atoms with Crippen LogP contribution in [0.25, 0.3) is 159 Å². The molecule has 10 heterocycles. The van der Waals surface area contributed by atoms with Crippen LogP contribution in [0.2, 0.25) is 0 Å². The van der Waals surface area contributed by atoms with Crippen LogP contribution in [0.4, 0.5) is 0 Å². The summed E-state index contributed by atoms with van der Waals surface area (Å²) in [6.45, 7) is 4.24. The summed E-state index contributed by atoms with van der Waals surface area (Å²) in [6.07, 6.45) is 22.8. The van der Waals surface area contributed by atoms with Gasteiger partial charge in [-0.1, -0.05) is 181 Å². The van der Waals surface area contributed by atoms with Crippen molar-refractivity contribution in [2.45, 2.75) is 45.4 Å².